The van der Waals surface area contributed by atoms with Crippen LogP contribution in [0.2, 0.25) is 0 Å². The Morgan fingerprint density at radius 3 is 2.38 bits per heavy atom. The summed E-state index contributed by atoms with van der Waals surface area (Å²) in [5, 5.41) is 4.86. The van der Waals surface area contributed by atoms with Gasteiger partial charge in [-0.2, -0.15) is 5.10 Å². The Kier molecular flexibility index (Phi) is 3.59. The van der Waals surface area contributed by atoms with Crippen molar-refractivity contribution in [3.05, 3.63) is 87.5 Å². The van der Waals surface area contributed by atoms with Gasteiger partial charge in [-0.15, -0.1) is 0 Å². The molecule has 2 heterocycles. The van der Waals surface area contributed by atoms with E-state index in [0.29, 0.717) is 22.3 Å². The van der Waals surface area contributed by atoms with Gasteiger partial charge in [-0.25, -0.2) is 4.68 Å². The van der Waals surface area contributed by atoms with Gasteiger partial charge in [0.25, 0.3) is 5.56 Å². The topological polar surface area (TPSA) is 55.6 Å². The number of nitrogens with zero attached hydrogens (tertiary/aromatic N) is 3. The van der Waals surface area contributed by atoms with Gasteiger partial charge in [0, 0.05) is 0 Å². The van der Waals surface area contributed by atoms with Crippen molar-refractivity contribution in [1.82, 2.24) is 19.3 Å². The Labute approximate surface area is 142 Å². The maximum absolute atomic E-state index is 12.8. The van der Waals surface area contributed by atoms with E-state index in [9.17, 15) is 4.79 Å². The van der Waals surface area contributed by atoms with Crippen molar-refractivity contribution >= 4 is 23.3 Å². The summed E-state index contributed by atoms with van der Waals surface area (Å²) in [6, 6.07) is 19.4. The molecule has 6 heteroatoms. The van der Waals surface area contributed by atoms with E-state index in [-0.39, 0.29) is 5.56 Å². The molecule has 2 aromatic heterocycles. The number of benzene rings is 2. The van der Waals surface area contributed by atoms with Gasteiger partial charge in [0.1, 0.15) is 11.0 Å². The molecule has 2 aromatic carbocycles. The van der Waals surface area contributed by atoms with Gasteiger partial charge in [-0.1, -0.05) is 48.5 Å². The lowest BCUT2D eigenvalue weighted by Crippen LogP contribution is -2.22. The van der Waals surface area contributed by atoms with Crippen molar-refractivity contribution in [2.24, 2.45) is 0 Å². The number of aromatic amines is 1. The minimum absolute atomic E-state index is 0.139. The van der Waals surface area contributed by atoms with Crippen LogP contribution in [-0.4, -0.2) is 19.3 Å². The molecule has 24 heavy (non-hydrogen) atoms. The van der Waals surface area contributed by atoms with Crippen molar-refractivity contribution in [1.29, 1.82) is 0 Å². The predicted molar refractivity (Wildman–Crippen MR) is 96.1 cm³/mol. The van der Waals surface area contributed by atoms with E-state index >= 15 is 0 Å². The molecule has 5 nitrogen and oxygen atoms in total. The number of para-hydroxylation sites is 1. The molecule has 0 saturated heterocycles. The van der Waals surface area contributed by atoms with Crippen LogP contribution >= 0.6 is 12.2 Å². The Morgan fingerprint density at radius 2 is 1.67 bits per heavy atom. The van der Waals surface area contributed by atoms with Crippen molar-refractivity contribution in [3.8, 4) is 5.69 Å². The second-order valence-corrected chi connectivity index (χ2v) is 5.85. The molecule has 0 aliphatic rings. The number of H-pyrrole nitrogens is 1. The maximum Gasteiger partial charge on any atom is 0.265 e. The molecule has 0 unspecified atom stereocenters. The van der Waals surface area contributed by atoms with E-state index in [1.165, 1.54) is 0 Å². The van der Waals surface area contributed by atoms with Crippen molar-refractivity contribution in [2.75, 3.05) is 0 Å². The third-order valence-electron chi connectivity index (χ3n) is 3.90. The molecule has 4 aromatic rings. The zero-order valence-electron chi connectivity index (χ0n) is 12.7. The Bertz CT molecular complexity index is 1110. The van der Waals surface area contributed by atoms with E-state index < -0.39 is 0 Å². The molecule has 0 radical (unpaired) electrons. The molecule has 1 N–H and O–H groups in total. The number of fused-ring (bicyclic) bond motifs is 1. The third-order valence-corrected chi connectivity index (χ3v) is 4.22. The van der Waals surface area contributed by atoms with Crippen LogP contribution in [0.1, 0.15) is 5.56 Å². The summed E-state index contributed by atoms with van der Waals surface area (Å²) < 4.78 is 3.64. The average molecular weight is 334 g/mol. The van der Waals surface area contributed by atoms with Gasteiger partial charge in [0.05, 0.1) is 18.4 Å². The third kappa shape index (κ3) is 2.47. The molecule has 0 atom stereocenters. The molecule has 118 valence electrons. The van der Waals surface area contributed by atoms with Crippen molar-refractivity contribution < 1.29 is 0 Å². The summed E-state index contributed by atoms with van der Waals surface area (Å²) in [5.74, 6) is 0. The van der Waals surface area contributed by atoms with E-state index in [1.54, 1.807) is 15.4 Å². The van der Waals surface area contributed by atoms with E-state index in [1.807, 2.05) is 60.7 Å². The summed E-state index contributed by atoms with van der Waals surface area (Å²) in [6.07, 6.45) is 1.58. The highest BCUT2D eigenvalue weighted by atomic mass is 32.1. The van der Waals surface area contributed by atoms with Crippen LogP contribution in [0, 0.1) is 4.77 Å². The lowest BCUT2D eigenvalue weighted by atomic mass is 10.2. The highest BCUT2D eigenvalue weighted by molar-refractivity contribution is 7.71. The Morgan fingerprint density at radius 1 is 1.00 bits per heavy atom. The predicted octanol–water partition coefficient (Wildman–Crippen LogP) is 3.29. The second kappa shape index (κ2) is 5.90. The van der Waals surface area contributed by atoms with E-state index in [4.69, 9.17) is 12.2 Å². The first-order valence-corrected chi connectivity index (χ1v) is 7.95. The van der Waals surface area contributed by atoms with Crippen LogP contribution < -0.4 is 5.56 Å². The molecule has 4 rings (SSSR count). The van der Waals surface area contributed by atoms with E-state index in [2.05, 4.69) is 10.1 Å². The highest BCUT2D eigenvalue weighted by Gasteiger charge is 2.12. The molecule has 0 aliphatic heterocycles. The first-order valence-electron chi connectivity index (χ1n) is 7.54. The van der Waals surface area contributed by atoms with Gasteiger partial charge in [-0.05, 0) is 29.9 Å². The zero-order valence-corrected chi connectivity index (χ0v) is 13.5. The largest absolute Gasteiger partial charge is 0.316 e. The summed E-state index contributed by atoms with van der Waals surface area (Å²) >= 11 is 5.41. The number of hydrogen-bond donors (Lipinski definition) is 1. The molecule has 0 saturated carbocycles. The van der Waals surface area contributed by atoms with Crippen LogP contribution in [0.4, 0.5) is 0 Å². The summed E-state index contributed by atoms with van der Waals surface area (Å²) in [4.78, 5) is 16.0. The SMILES string of the molecule is O=c1c2cnn(-c3ccccc3)c2[nH]c(=S)n1Cc1ccccc1. The Hall–Kier alpha value is -2.99. The first-order chi connectivity index (χ1) is 11.7. The Balaban J connectivity index is 1.88. The van der Waals surface area contributed by atoms with Crippen LogP contribution in [-0.2, 0) is 6.54 Å². The second-order valence-electron chi connectivity index (χ2n) is 5.46. The quantitative estimate of drug-likeness (QED) is 0.585. The smallest absolute Gasteiger partial charge is 0.265 e. The molecule has 0 bridgehead atoms. The van der Waals surface area contributed by atoms with Gasteiger partial charge >= 0.3 is 0 Å². The molecule has 0 fully saturated rings. The van der Waals surface area contributed by atoms with Crippen molar-refractivity contribution in [3.63, 3.8) is 0 Å². The zero-order chi connectivity index (χ0) is 16.5. The van der Waals surface area contributed by atoms with Crippen molar-refractivity contribution in [2.45, 2.75) is 6.54 Å². The summed E-state index contributed by atoms with van der Waals surface area (Å²) in [6.45, 7) is 0.432. The minimum atomic E-state index is -0.139. The minimum Gasteiger partial charge on any atom is -0.316 e. The number of rotatable bonds is 3. The number of hydrogen-bond acceptors (Lipinski definition) is 3. The molecule has 0 aliphatic carbocycles. The molecule has 0 spiro atoms. The highest BCUT2D eigenvalue weighted by Crippen LogP contribution is 2.14. The summed E-state index contributed by atoms with van der Waals surface area (Å²) in [5.41, 5.74) is 2.37. The van der Waals surface area contributed by atoms with Crippen LogP contribution in [0.3, 0.4) is 0 Å². The van der Waals surface area contributed by atoms with Crippen LogP contribution in [0.15, 0.2) is 71.7 Å². The molecule has 0 amide bonds. The van der Waals surface area contributed by atoms with E-state index in [0.717, 1.165) is 11.3 Å². The number of aromatic nitrogens is 4. The lowest BCUT2D eigenvalue weighted by molar-refractivity contribution is 0.731. The molecular weight excluding hydrogens is 320 g/mol. The molecular formula is C18H14N4OS. The van der Waals surface area contributed by atoms with Gasteiger partial charge in [-0.3, -0.25) is 9.36 Å². The van der Waals surface area contributed by atoms with Gasteiger partial charge in [0.15, 0.2) is 4.77 Å². The standard InChI is InChI=1S/C18H14N4OS/c23-17-15-11-19-22(14-9-5-2-6-10-14)16(15)20-18(24)21(17)12-13-7-3-1-4-8-13/h1-11H,12H2,(H,20,24). The average Bonchev–Trinajstić information content (AvgIpc) is 3.04. The summed E-state index contributed by atoms with van der Waals surface area (Å²) in [7, 11) is 0. The fourth-order valence-electron chi connectivity index (χ4n) is 2.71. The van der Waals surface area contributed by atoms with Gasteiger partial charge in [0.2, 0.25) is 0 Å². The normalized spacial score (nSPS) is 11.0. The fourth-order valence-corrected chi connectivity index (χ4v) is 2.95. The monoisotopic (exact) mass is 334 g/mol. The lowest BCUT2D eigenvalue weighted by Gasteiger charge is -2.08. The van der Waals surface area contributed by atoms with Crippen LogP contribution in [0.5, 0.6) is 0 Å². The maximum atomic E-state index is 12.8. The van der Waals surface area contributed by atoms with Gasteiger partial charge < -0.3 is 4.98 Å². The number of nitrogens with one attached hydrogen (secondary N) is 1. The fraction of sp³-hybridized carbons (Fsp3) is 0.0556. The van der Waals surface area contributed by atoms with Crippen LogP contribution in [0.25, 0.3) is 16.7 Å². The first kappa shape index (κ1) is 14.6.